The number of aromatic nitrogens is 2. The Morgan fingerprint density at radius 3 is 2.45 bits per heavy atom. The van der Waals surface area contributed by atoms with Crippen LogP contribution >= 0.6 is 0 Å². The Hall–Kier alpha value is -1.98. The van der Waals surface area contributed by atoms with Crippen molar-refractivity contribution in [2.75, 3.05) is 13.2 Å². The molecule has 3 atom stereocenters. The molecule has 11 heteroatoms. The maximum atomic E-state index is 13.6. The molecular weight excluding hydrogens is 444 g/mol. The van der Waals surface area contributed by atoms with Crippen molar-refractivity contribution in [2.24, 2.45) is 0 Å². The summed E-state index contributed by atoms with van der Waals surface area (Å²) in [6.45, 7) is 17.3. The number of aliphatic hydroxyl groups is 1. The molecule has 1 aromatic heterocycles. The molecule has 1 fully saturated rings. The fraction of sp³-hybridized carbons (Fsp3) is 0.818. The Kier molecular flexibility index (Phi) is 8.02. The Labute approximate surface area is 197 Å². The molecule has 0 aliphatic carbocycles. The van der Waals surface area contributed by atoms with Crippen LogP contribution in [0.25, 0.3) is 0 Å². The zero-order valence-corrected chi connectivity index (χ0v) is 22.4. The van der Waals surface area contributed by atoms with Crippen LogP contribution in [0.4, 0.5) is 4.79 Å². The van der Waals surface area contributed by atoms with Gasteiger partial charge in [0.05, 0.1) is 13.2 Å². The van der Waals surface area contributed by atoms with E-state index < -0.39 is 44.1 Å². The van der Waals surface area contributed by atoms with Crippen molar-refractivity contribution in [1.29, 1.82) is 0 Å². The third-order valence-corrected chi connectivity index (χ3v) is 11.1. The molecule has 2 amide bonds. The number of carbonyl (C=O) groups excluding carboxylic acids is 2. The van der Waals surface area contributed by atoms with Crippen LogP contribution in [-0.2, 0) is 14.0 Å². The number of nitrogens with one attached hydrogen (secondary N) is 1. The first-order valence-corrected chi connectivity index (χ1v) is 14.3. The van der Waals surface area contributed by atoms with Crippen molar-refractivity contribution in [3.05, 3.63) is 12.3 Å². The molecule has 0 saturated carbocycles. The number of likely N-dealkylation sites (tertiary alicyclic amines) is 1. The Bertz CT molecular complexity index is 818. The molecule has 2 heterocycles. The van der Waals surface area contributed by atoms with Gasteiger partial charge in [0, 0.05) is 6.04 Å². The molecule has 1 aromatic rings. The monoisotopic (exact) mass is 484 g/mol. The van der Waals surface area contributed by atoms with Crippen LogP contribution in [-0.4, -0.2) is 70.9 Å². The van der Waals surface area contributed by atoms with Gasteiger partial charge in [-0.2, -0.15) is 0 Å². The number of nitrogens with zero attached hydrogens (tertiary/aromatic N) is 3. The first kappa shape index (κ1) is 27.3. The molecule has 33 heavy (non-hydrogen) atoms. The molecule has 2 rings (SSSR count). The average Bonchev–Trinajstić information content (AvgIpc) is 3.31. The Morgan fingerprint density at radius 1 is 1.33 bits per heavy atom. The number of ether oxygens (including phenoxy) is 1. The lowest BCUT2D eigenvalue weighted by Crippen LogP contribution is -2.62. The standard InChI is InChI=1S/C22H40N4O6Si/c1-15-10-11-22(13-27,26(15)19(29)32-20(2,3)4)18(28)24-16(17-25-23-14-30-17)12-31-33(8,9)21(5,6)7/h14-16,27H,10-13H2,1-9H3,(H,24,28)/t15?,16-,22?/m0/s1. The smallest absolute Gasteiger partial charge is 0.411 e. The summed E-state index contributed by atoms with van der Waals surface area (Å²) in [5, 5.41) is 20.9. The van der Waals surface area contributed by atoms with Gasteiger partial charge in [-0.1, -0.05) is 20.8 Å². The van der Waals surface area contributed by atoms with Crippen LogP contribution in [0.1, 0.15) is 73.2 Å². The van der Waals surface area contributed by atoms with Crippen LogP contribution in [0.15, 0.2) is 10.8 Å². The minimum Gasteiger partial charge on any atom is -0.444 e. The summed E-state index contributed by atoms with van der Waals surface area (Å²) in [6, 6.07) is -1.00. The lowest BCUT2D eigenvalue weighted by atomic mass is 9.95. The van der Waals surface area contributed by atoms with E-state index in [1.54, 1.807) is 20.8 Å². The highest BCUT2D eigenvalue weighted by Crippen LogP contribution is 2.38. The van der Waals surface area contributed by atoms with Gasteiger partial charge in [-0.25, -0.2) is 4.79 Å². The number of hydrogen-bond donors (Lipinski definition) is 2. The fourth-order valence-corrected chi connectivity index (χ4v) is 4.56. The number of rotatable bonds is 7. The van der Waals surface area contributed by atoms with E-state index >= 15 is 0 Å². The molecule has 1 aliphatic rings. The van der Waals surface area contributed by atoms with Gasteiger partial charge in [-0.05, 0) is 58.7 Å². The summed E-state index contributed by atoms with van der Waals surface area (Å²) < 4.78 is 17.2. The molecule has 10 nitrogen and oxygen atoms in total. The highest BCUT2D eigenvalue weighted by atomic mass is 28.4. The molecule has 188 valence electrons. The third-order valence-electron chi connectivity index (χ3n) is 6.55. The summed E-state index contributed by atoms with van der Waals surface area (Å²) in [6.07, 6.45) is 1.41. The van der Waals surface area contributed by atoms with Gasteiger partial charge < -0.3 is 24.0 Å². The molecular formula is C22H40N4O6Si. The summed E-state index contributed by atoms with van der Waals surface area (Å²) in [5.74, 6) is -0.313. The summed E-state index contributed by atoms with van der Waals surface area (Å²) in [4.78, 5) is 27.9. The topological polar surface area (TPSA) is 127 Å². The predicted molar refractivity (Wildman–Crippen MR) is 125 cm³/mol. The van der Waals surface area contributed by atoms with Crippen molar-refractivity contribution in [3.63, 3.8) is 0 Å². The van der Waals surface area contributed by atoms with Gasteiger partial charge >= 0.3 is 6.09 Å². The average molecular weight is 485 g/mol. The van der Waals surface area contributed by atoms with Crippen molar-refractivity contribution >= 4 is 20.3 Å². The van der Waals surface area contributed by atoms with Gasteiger partial charge in [-0.3, -0.25) is 9.69 Å². The molecule has 2 N–H and O–H groups in total. The van der Waals surface area contributed by atoms with E-state index in [4.69, 9.17) is 13.6 Å². The van der Waals surface area contributed by atoms with Crippen LogP contribution in [0.2, 0.25) is 18.1 Å². The lowest BCUT2D eigenvalue weighted by Gasteiger charge is -2.40. The van der Waals surface area contributed by atoms with Crippen molar-refractivity contribution in [3.8, 4) is 0 Å². The summed E-state index contributed by atoms with van der Waals surface area (Å²) >= 11 is 0. The van der Waals surface area contributed by atoms with Gasteiger partial charge in [0.25, 0.3) is 0 Å². The summed E-state index contributed by atoms with van der Waals surface area (Å²) in [7, 11) is -2.13. The van der Waals surface area contributed by atoms with Gasteiger partial charge in [0.15, 0.2) is 8.32 Å². The van der Waals surface area contributed by atoms with E-state index in [-0.39, 0.29) is 23.6 Å². The molecule has 0 aromatic carbocycles. The second kappa shape index (κ2) is 9.71. The van der Waals surface area contributed by atoms with E-state index in [1.165, 1.54) is 11.3 Å². The molecule has 1 aliphatic heterocycles. The minimum absolute atomic E-state index is 0.0306. The quantitative estimate of drug-likeness (QED) is 0.564. The second-order valence-electron chi connectivity index (χ2n) is 11.3. The van der Waals surface area contributed by atoms with Crippen LogP contribution in [0, 0.1) is 0 Å². The number of aliphatic hydroxyl groups excluding tert-OH is 1. The van der Waals surface area contributed by atoms with Crippen molar-refractivity contribution in [2.45, 2.75) is 103 Å². The van der Waals surface area contributed by atoms with E-state index in [2.05, 4.69) is 49.4 Å². The minimum atomic E-state index is -2.13. The molecule has 2 unspecified atom stereocenters. The first-order valence-electron chi connectivity index (χ1n) is 11.4. The van der Waals surface area contributed by atoms with E-state index in [0.717, 1.165) is 0 Å². The highest BCUT2D eigenvalue weighted by molar-refractivity contribution is 6.74. The Balaban J connectivity index is 2.29. The van der Waals surface area contributed by atoms with E-state index in [9.17, 15) is 14.7 Å². The second-order valence-corrected chi connectivity index (χ2v) is 16.1. The van der Waals surface area contributed by atoms with Crippen molar-refractivity contribution in [1.82, 2.24) is 20.4 Å². The fourth-order valence-electron chi connectivity index (χ4n) is 3.54. The summed E-state index contributed by atoms with van der Waals surface area (Å²) in [5.41, 5.74) is -2.20. The van der Waals surface area contributed by atoms with Crippen LogP contribution in [0.3, 0.4) is 0 Å². The maximum absolute atomic E-state index is 13.6. The molecule has 0 radical (unpaired) electrons. The first-order chi connectivity index (χ1) is 15.0. The van der Waals surface area contributed by atoms with Gasteiger partial charge in [0.1, 0.15) is 17.2 Å². The number of carbonyl (C=O) groups is 2. The van der Waals surface area contributed by atoms with E-state index in [1.807, 2.05) is 6.92 Å². The zero-order chi connectivity index (χ0) is 25.2. The third kappa shape index (κ3) is 6.13. The highest BCUT2D eigenvalue weighted by Gasteiger charge is 2.54. The molecule has 0 bridgehead atoms. The number of hydrogen-bond acceptors (Lipinski definition) is 8. The molecule has 1 saturated heterocycles. The SMILES string of the molecule is CC1CCC(CO)(C(=O)N[C@@H](CO[Si](C)(C)C(C)(C)C)c2nnco2)N1C(=O)OC(C)(C)C. The van der Waals surface area contributed by atoms with Crippen LogP contribution in [0.5, 0.6) is 0 Å². The molecule has 0 spiro atoms. The normalized spacial score (nSPS) is 22.8. The van der Waals surface area contributed by atoms with Crippen LogP contribution < -0.4 is 5.32 Å². The van der Waals surface area contributed by atoms with Crippen molar-refractivity contribution < 1.29 is 28.3 Å². The van der Waals surface area contributed by atoms with Gasteiger partial charge in [-0.15, -0.1) is 10.2 Å². The van der Waals surface area contributed by atoms with E-state index in [0.29, 0.717) is 12.8 Å². The largest absolute Gasteiger partial charge is 0.444 e. The Morgan fingerprint density at radius 2 is 1.97 bits per heavy atom. The number of amides is 2. The maximum Gasteiger partial charge on any atom is 0.411 e. The zero-order valence-electron chi connectivity index (χ0n) is 21.4. The van der Waals surface area contributed by atoms with Gasteiger partial charge in [0.2, 0.25) is 18.2 Å². The predicted octanol–water partition coefficient (Wildman–Crippen LogP) is 3.40. The lowest BCUT2D eigenvalue weighted by molar-refractivity contribution is -0.136.